The molecule has 27 heavy (non-hydrogen) atoms. The highest BCUT2D eigenvalue weighted by Crippen LogP contribution is 2.28. The first-order valence-corrected chi connectivity index (χ1v) is 8.21. The summed E-state index contributed by atoms with van der Waals surface area (Å²) in [6.07, 6.45) is 3.53. The topological polar surface area (TPSA) is 91.0 Å². The minimum absolute atomic E-state index is 0.0482. The van der Waals surface area contributed by atoms with E-state index in [0.717, 1.165) is 16.9 Å². The minimum Gasteiger partial charge on any atom is -0.488 e. The largest absolute Gasteiger partial charge is 0.488 e. The smallest absolute Gasteiger partial charge is 0.363 e. The molecule has 7 nitrogen and oxygen atoms in total. The third kappa shape index (κ3) is 3.22. The van der Waals surface area contributed by atoms with Gasteiger partial charge in [0.2, 0.25) is 5.90 Å². The van der Waals surface area contributed by atoms with Gasteiger partial charge < -0.3 is 9.47 Å². The van der Waals surface area contributed by atoms with Crippen molar-refractivity contribution >= 4 is 23.6 Å². The summed E-state index contributed by atoms with van der Waals surface area (Å²) in [7, 11) is 0. The maximum Gasteiger partial charge on any atom is 0.363 e. The number of nitro groups is 1. The Kier molecular flexibility index (Phi) is 4.04. The van der Waals surface area contributed by atoms with Crippen LogP contribution in [-0.2, 0) is 9.53 Å². The average molecular weight is 362 g/mol. The summed E-state index contributed by atoms with van der Waals surface area (Å²) >= 11 is 0. The van der Waals surface area contributed by atoms with E-state index < -0.39 is 10.9 Å². The van der Waals surface area contributed by atoms with Crippen LogP contribution in [0.15, 0.2) is 64.8 Å². The molecule has 0 spiro atoms. The number of esters is 1. The van der Waals surface area contributed by atoms with Gasteiger partial charge in [-0.25, -0.2) is 9.79 Å². The molecular weight excluding hydrogens is 348 g/mol. The van der Waals surface area contributed by atoms with Crippen molar-refractivity contribution in [3.05, 3.63) is 86.6 Å². The number of ether oxygens (including phenoxy) is 2. The molecule has 0 atom stereocenters. The van der Waals surface area contributed by atoms with Crippen LogP contribution in [0, 0.1) is 17.0 Å². The second-order valence-electron chi connectivity index (χ2n) is 6.14. The lowest BCUT2D eigenvalue weighted by Gasteiger charge is -2.15. The van der Waals surface area contributed by atoms with Crippen LogP contribution in [0.4, 0.5) is 5.69 Å². The van der Waals surface area contributed by atoms with Crippen molar-refractivity contribution in [2.75, 3.05) is 6.61 Å². The molecular formula is C20H14N2O5. The number of nitrogens with zero attached hydrogens (tertiary/aromatic N) is 2. The first-order chi connectivity index (χ1) is 13.0. The van der Waals surface area contributed by atoms with Crippen LogP contribution >= 0.6 is 0 Å². The highest BCUT2D eigenvalue weighted by atomic mass is 16.6. The van der Waals surface area contributed by atoms with Gasteiger partial charge in [-0.2, -0.15) is 0 Å². The number of aliphatic imine (C=N–C) groups is 1. The van der Waals surface area contributed by atoms with Gasteiger partial charge in [0.1, 0.15) is 12.4 Å². The summed E-state index contributed by atoms with van der Waals surface area (Å²) in [6.45, 7) is 1.96. The van der Waals surface area contributed by atoms with Crippen molar-refractivity contribution < 1.29 is 19.2 Å². The molecule has 2 aromatic carbocycles. The first-order valence-electron chi connectivity index (χ1n) is 8.21. The molecule has 0 radical (unpaired) electrons. The number of hydrogen-bond donors (Lipinski definition) is 0. The molecule has 7 heteroatoms. The number of aryl methyl sites for hydroxylation is 1. The SMILES string of the molecule is Cc1ccc(C2=NC(=CC3=Cc4ccccc4OC3)C(=O)O2)cc1[N+](=O)[O-]. The van der Waals surface area contributed by atoms with Crippen LogP contribution in [0.1, 0.15) is 16.7 Å². The highest BCUT2D eigenvalue weighted by molar-refractivity contribution is 6.11. The Morgan fingerprint density at radius 1 is 1.22 bits per heavy atom. The molecule has 0 bridgehead atoms. The molecule has 0 N–H and O–H groups in total. The standard InChI is InChI=1S/C20H14N2O5/c1-12-6-7-15(10-17(12)22(24)25)19-21-16(20(23)27-19)9-13-8-14-4-2-3-5-18(14)26-11-13/h2-10H,11H2,1H3. The molecule has 0 aromatic heterocycles. The van der Waals surface area contributed by atoms with Gasteiger partial charge in [0.15, 0.2) is 5.70 Å². The van der Waals surface area contributed by atoms with Gasteiger partial charge in [-0.1, -0.05) is 24.3 Å². The van der Waals surface area contributed by atoms with Crippen molar-refractivity contribution in [3.63, 3.8) is 0 Å². The Morgan fingerprint density at radius 2 is 2.04 bits per heavy atom. The zero-order valence-electron chi connectivity index (χ0n) is 14.3. The van der Waals surface area contributed by atoms with E-state index in [0.29, 0.717) is 17.7 Å². The van der Waals surface area contributed by atoms with Crippen molar-refractivity contribution in [1.82, 2.24) is 0 Å². The van der Waals surface area contributed by atoms with E-state index in [-0.39, 0.29) is 17.3 Å². The lowest BCUT2D eigenvalue weighted by Crippen LogP contribution is -2.08. The van der Waals surface area contributed by atoms with Gasteiger partial charge in [0.05, 0.1) is 4.92 Å². The molecule has 134 valence electrons. The Labute approximate surface area is 154 Å². The number of fused-ring (bicyclic) bond motifs is 1. The number of nitro benzene ring substituents is 1. The molecule has 4 rings (SSSR count). The Balaban J connectivity index is 1.66. The van der Waals surface area contributed by atoms with E-state index in [1.165, 1.54) is 6.07 Å². The molecule has 0 unspecified atom stereocenters. The van der Waals surface area contributed by atoms with Gasteiger partial charge in [-0.15, -0.1) is 0 Å². The van der Waals surface area contributed by atoms with E-state index in [2.05, 4.69) is 4.99 Å². The summed E-state index contributed by atoms with van der Waals surface area (Å²) < 4.78 is 10.9. The van der Waals surface area contributed by atoms with Crippen molar-refractivity contribution in [2.24, 2.45) is 4.99 Å². The van der Waals surface area contributed by atoms with Crippen LogP contribution in [0.25, 0.3) is 6.08 Å². The van der Waals surface area contributed by atoms with Crippen LogP contribution < -0.4 is 4.74 Å². The summed E-state index contributed by atoms with van der Waals surface area (Å²) in [5.41, 5.74) is 2.67. The van der Waals surface area contributed by atoms with Crippen LogP contribution in [-0.4, -0.2) is 23.4 Å². The quantitative estimate of drug-likeness (QED) is 0.360. The van der Waals surface area contributed by atoms with Crippen molar-refractivity contribution in [3.8, 4) is 5.75 Å². The summed E-state index contributed by atoms with van der Waals surface area (Å²) in [4.78, 5) is 27.0. The average Bonchev–Trinajstić information content (AvgIpc) is 3.02. The zero-order valence-corrected chi connectivity index (χ0v) is 14.3. The number of hydrogen-bond acceptors (Lipinski definition) is 6. The van der Waals surface area contributed by atoms with E-state index in [9.17, 15) is 14.9 Å². The van der Waals surface area contributed by atoms with Gasteiger partial charge in [0.25, 0.3) is 5.69 Å². The third-order valence-corrected chi connectivity index (χ3v) is 4.25. The lowest BCUT2D eigenvalue weighted by molar-refractivity contribution is -0.385. The van der Waals surface area contributed by atoms with E-state index in [1.54, 1.807) is 25.1 Å². The molecule has 2 aliphatic rings. The molecule has 2 aliphatic heterocycles. The number of para-hydroxylation sites is 1. The number of carbonyl (C=O) groups excluding carboxylic acids is 1. The Hall–Kier alpha value is -3.74. The zero-order chi connectivity index (χ0) is 19.0. The Bertz CT molecular complexity index is 1070. The third-order valence-electron chi connectivity index (χ3n) is 4.25. The lowest BCUT2D eigenvalue weighted by atomic mass is 10.1. The summed E-state index contributed by atoms with van der Waals surface area (Å²) in [5.74, 6) is 0.227. The predicted octanol–water partition coefficient (Wildman–Crippen LogP) is 3.57. The van der Waals surface area contributed by atoms with Gasteiger partial charge in [-0.3, -0.25) is 10.1 Å². The molecule has 0 saturated carbocycles. The predicted molar refractivity (Wildman–Crippen MR) is 98.5 cm³/mol. The summed E-state index contributed by atoms with van der Waals surface area (Å²) in [5, 5.41) is 11.1. The van der Waals surface area contributed by atoms with Crippen molar-refractivity contribution in [2.45, 2.75) is 6.92 Å². The molecule has 0 fully saturated rings. The van der Waals surface area contributed by atoms with Crippen molar-refractivity contribution in [1.29, 1.82) is 0 Å². The minimum atomic E-state index is -0.604. The van der Waals surface area contributed by atoms with Crippen LogP contribution in [0.5, 0.6) is 5.75 Å². The number of benzene rings is 2. The van der Waals surface area contributed by atoms with Crippen LogP contribution in [0.3, 0.4) is 0 Å². The maximum atomic E-state index is 12.2. The second-order valence-corrected chi connectivity index (χ2v) is 6.14. The highest BCUT2D eigenvalue weighted by Gasteiger charge is 2.26. The fourth-order valence-corrected chi connectivity index (χ4v) is 2.86. The maximum absolute atomic E-state index is 12.2. The van der Waals surface area contributed by atoms with E-state index in [1.807, 2.05) is 30.3 Å². The summed E-state index contributed by atoms with van der Waals surface area (Å²) in [6, 6.07) is 12.2. The van der Waals surface area contributed by atoms with E-state index in [4.69, 9.17) is 9.47 Å². The first kappa shape index (κ1) is 16.7. The second kappa shape index (κ2) is 6.53. The fraction of sp³-hybridized carbons (Fsp3) is 0.100. The number of cyclic esters (lactones) is 1. The fourth-order valence-electron chi connectivity index (χ4n) is 2.86. The molecule has 0 amide bonds. The van der Waals surface area contributed by atoms with E-state index >= 15 is 0 Å². The van der Waals surface area contributed by atoms with Gasteiger partial charge in [0, 0.05) is 22.8 Å². The normalized spacial score (nSPS) is 16.9. The molecule has 0 aliphatic carbocycles. The monoisotopic (exact) mass is 362 g/mol. The molecule has 0 saturated heterocycles. The number of rotatable bonds is 3. The molecule has 2 aromatic rings. The van der Waals surface area contributed by atoms with Gasteiger partial charge >= 0.3 is 5.97 Å². The van der Waals surface area contributed by atoms with Gasteiger partial charge in [-0.05, 0) is 36.8 Å². The van der Waals surface area contributed by atoms with Crippen LogP contribution in [0.2, 0.25) is 0 Å². The molecule has 2 heterocycles. The Morgan fingerprint density at radius 3 is 2.85 bits per heavy atom. The number of carbonyl (C=O) groups is 1.